The molecule has 3 unspecified atom stereocenters. The molecule has 292 valence electrons. The molecule has 0 spiro atoms. The first-order valence-corrected chi connectivity index (χ1v) is 17.9. The maximum atomic E-state index is 12.9. The molecule has 11 atom stereocenters. The van der Waals surface area contributed by atoms with Gasteiger partial charge in [-0.3, -0.25) is 14.4 Å². The van der Waals surface area contributed by atoms with Crippen LogP contribution in [0, 0.1) is 11.8 Å². The van der Waals surface area contributed by atoms with Gasteiger partial charge in [-0.15, -0.1) is 0 Å². The largest absolute Gasteiger partial charge is 0.483 e. The van der Waals surface area contributed by atoms with Crippen LogP contribution in [-0.2, 0) is 39.9 Å². The molecule has 1 aromatic rings. The molecule has 52 heavy (non-hydrogen) atoms. The third-order valence-corrected chi connectivity index (χ3v) is 9.73. The molecule has 1 aromatic heterocycles. The summed E-state index contributed by atoms with van der Waals surface area (Å²) in [6.07, 6.45) is 7.88. The average Bonchev–Trinajstić information content (AvgIpc) is 3.86. The predicted molar refractivity (Wildman–Crippen MR) is 195 cm³/mol. The lowest BCUT2D eigenvalue weighted by atomic mass is 9.87. The molecule has 0 amide bonds. The molecule has 1 saturated heterocycles. The van der Waals surface area contributed by atoms with Crippen LogP contribution in [-0.4, -0.2) is 105 Å². The van der Waals surface area contributed by atoms with E-state index in [2.05, 4.69) is 24.1 Å². The zero-order chi connectivity index (χ0) is 39.2. The number of aliphatic hydroxyl groups is 3. The quantitative estimate of drug-likeness (QED) is 0.0478. The SMILES string of the molecule is CC[C@H](OC)[C@@H](C)[C@H]1O[C@@H]1C(NCc1ccc(Cl)nc1)C(C)(O)/C=C/C=C(\C)C1OC(=O)C[C@H](O)CC[C@@](C)(O)[C@@H](OC(C)=O)/C=C/[C@@H]1C.O=CO. The van der Waals surface area contributed by atoms with E-state index in [0.29, 0.717) is 17.3 Å². The number of rotatable bonds is 13. The van der Waals surface area contributed by atoms with Crippen molar-refractivity contribution in [2.24, 2.45) is 11.8 Å². The van der Waals surface area contributed by atoms with Gasteiger partial charge in [0, 0.05) is 38.6 Å². The Bertz CT molecular complexity index is 1380. The predicted octanol–water partition coefficient (Wildman–Crippen LogP) is 4.31. The average molecular weight is 753 g/mol. The smallest absolute Gasteiger partial charge is 0.309 e. The minimum atomic E-state index is -1.46. The van der Waals surface area contributed by atoms with Gasteiger partial charge in [-0.1, -0.05) is 62.7 Å². The summed E-state index contributed by atoms with van der Waals surface area (Å²) < 4.78 is 23.1. The van der Waals surface area contributed by atoms with Crippen LogP contribution in [0.15, 0.2) is 54.3 Å². The Hall–Kier alpha value is -3.17. The number of nitrogens with zero attached hydrogens (tertiary/aromatic N) is 1. The molecule has 0 aromatic carbocycles. The molecule has 3 heterocycles. The van der Waals surface area contributed by atoms with Crippen molar-refractivity contribution in [2.45, 2.75) is 135 Å². The van der Waals surface area contributed by atoms with Gasteiger partial charge in [0.25, 0.3) is 6.47 Å². The molecule has 0 bridgehead atoms. The molecule has 14 heteroatoms. The summed E-state index contributed by atoms with van der Waals surface area (Å²) in [5.41, 5.74) is -1.26. The molecule has 2 aliphatic rings. The van der Waals surface area contributed by atoms with E-state index in [1.807, 2.05) is 19.9 Å². The number of esters is 2. The Labute approximate surface area is 312 Å². The molecular weight excluding hydrogens is 696 g/mol. The van der Waals surface area contributed by atoms with Gasteiger partial charge in [-0.25, -0.2) is 4.98 Å². The number of cyclic esters (lactones) is 1. The minimum Gasteiger partial charge on any atom is -0.483 e. The Morgan fingerprint density at radius 3 is 2.52 bits per heavy atom. The maximum Gasteiger partial charge on any atom is 0.309 e. The third kappa shape index (κ3) is 14.0. The van der Waals surface area contributed by atoms with Crippen molar-refractivity contribution in [3.05, 3.63) is 65.0 Å². The Kier molecular flexibility index (Phi) is 18.1. The molecule has 2 aliphatic heterocycles. The summed E-state index contributed by atoms with van der Waals surface area (Å²) in [7, 11) is 1.69. The Morgan fingerprint density at radius 2 is 1.94 bits per heavy atom. The number of epoxide rings is 1. The molecule has 13 nitrogen and oxygen atoms in total. The molecule has 3 rings (SSSR count). The fourth-order valence-corrected chi connectivity index (χ4v) is 6.52. The first-order chi connectivity index (χ1) is 24.4. The second kappa shape index (κ2) is 20.9. The lowest BCUT2D eigenvalue weighted by molar-refractivity contribution is -0.157. The number of carbonyl (C=O) groups is 3. The number of hydrogen-bond donors (Lipinski definition) is 5. The van der Waals surface area contributed by atoms with Gasteiger partial charge < -0.3 is 44.7 Å². The van der Waals surface area contributed by atoms with Crippen LogP contribution >= 0.6 is 11.6 Å². The van der Waals surface area contributed by atoms with Crippen molar-refractivity contribution < 1.29 is 53.8 Å². The van der Waals surface area contributed by atoms with E-state index < -0.39 is 53.4 Å². The molecule has 1 fully saturated rings. The van der Waals surface area contributed by atoms with Crippen LogP contribution in [0.1, 0.15) is 79.7 Å². The van der Waals surface area contributed by atoms with Crippen LogP contribution in [0.25, 0.3) is 0 Å². The fourth-order valence-electron chi connectivity index (χ4n) is 6.41. The number of aromatic nitrogens is 1. The van der Waals surface area contributed by atoms with E-state index in [9.17, 15) is 24.9 Å². The highest BCUT2D eigenvalue weighted by molar-refractivity contribution is 6.29. The van der Waals surface area contributed by atoms with E-state index in [-0.39, 0.29) is 50.0 Å². The van der Waals surface area contributed by atoms with Gasteiger partial charge >= 0.3 is 11.9 Å². The second-order valence-electron chi connectivity index (χ2n) is 14.0. The van der Waals surface area contributed by atoms with Gasteiger partial charge in [0.2, 0.25) is 0 Å². The number of pyridine rings is 1. The zero-order valence-electron chi connectivity index (χ0n) is 31.4. The molecule has 0 aliphatic carbocycles. The standard InChI is InChI=1S/C37H55ClN2O9.CH2O2/c1-9-28(46-8)24(4)33-34(49-33)35(40-21-26-13-15-30(38)39-20-26)37(7,45)17-10-11-22(2)32-23(3)12-14-29(47-25(5)41)36(6,44)18-16-27(42)19-31(43)48-32;2-1-3/h10-15,17,20,23-24,27-29,32-35,40,42,44-45H,9,16,18-19,21H2,1-8H3;1H,(H,2,3)/b14-12+,17-10+,22-11+;/t23-,24+,27+,28-,29-,32?,33+,34-,35?,36+,37?;/m0./s1. The maximum absolute atomic E-state index is 12.9. The Morgan fingerprint density at radius 1 is 1.27 bits per heavy atom. The number of ether oxygens (including phenoxy) is 4. The van der Waals surface area contributed by atoms with Crippen molar-refractivity contribution in [1.29, 1.82) is 0 Å². The molecule has 0 radical (unpaired) electrons. The van der Waals surface area contributed by atoms with Crippen molar-refractivity contribution in [2.75, 3.05) is 7.11 Å². The fraction of sp³-hybridized carbons (Fsp3) is 0.632. The van der Waals surface area contributed by atoms with E-state index in [1.165, 1.54) is 13.8 Å². The second-order valence-corrected chi connectivity index (χ2v) is 14.4. The van der Waals surface area contributed by atoms with Crippen LogP contribution in [0.4, 0.5) is 0 Å². The molecule has 0 saturated carbocycles. The minimum absolute atomic E-state index is 0.0171. The monoisotopic (exact) mass is 752 g/mol. The van der Waals surface area contributed by atoms with Crippen molar-refractivity contribution in [1.82, 2.24) is 10.3 Å². The van der Waals surface area contributed by atoms with Gasteiger partial charge in [-0.2, -0.15) is 0 Å². The molecule has 5 N–H and O–H groups in total. The number of nitrogens with one attached hydrogen (secondary N) is 1. The number of carboxylic acid groups (broad SMARTS) is 1. The van der Waals surface area contributed by atoms with Crippen molar-refractivity contribution >= 4 is 30.0 Å². The highest BCUT2D eigenvalue weighted by atomic mass is 35.5. The lowest BCUT2D eigenvalue weighted by Crippen LogP contribution is -2.52. The van der Waals surface area contributed by atoms with Crippen molar-refractivity contribution in [3.63, 3.8) is 0 Å². The van der Waals surface area contributed by atoms with Gasteiger partial charge in [0.15, 0.2) is 0 Å². The third-order valence-electron chi connectivity index (χ3n) is 9.50. The summed E-state index contributed by atoms with van der Waals surface area (Å²) in [4.78, 5) is 37.2. The first-order valence-electron chi connectivity index (χ1n) is 17.5. The summed E-state index contributed by atoms with van der Waals surface area (Å²) in [6.45, 7) is 12.5. The van der Waals surface area contributed by atoms with Gasteiger partial charge in [-0.05, 0) is 63.3 Å². The van der Waals surface area contributed by atoms with Crippen molar-refractivity contribution in [3.8, 4) is 0 Å². The van der Waals surface area contributed by atoms with Crippen LogP contribution in [0.5, 0.6) is 0 Å². The number of hydrogen-bond acceptors (Lipinski definition) is 12. The summed E-state index contributed by atoms with van der Waals surface area (Å²) >= 11 is 5.97. The number of aliphatic hydroxyl groups excluding tert-OH is 1. The van der Waals surface area contributed by atoms with E-state index in [0.717, 1.165) is 12.0 Å². The van der Waals surface area contributed by atoms with Crippen LogP contribution < -0.4 is 5.32 Å². The molecular formula is C38H57ClN2O11. The number of carbonyl (C=O) groups excluding carboxylic acids is 2. The lowest BCUT2D eigenvalue weighted by Gasteiger charge is -2.32. The van der Waals surface area contributed by atoms with E-state index in [1.54, 1.807) is 56.7 Å². The highest BCUT2D eigenvalue weighted by Gasteiger charge is 2.54. The van der Waals surface area contributed by atoms with E-state index >= 15 is 0 Å². The number of halogens is 1. The summed E-state index contributed by atoms with van der Waals surface area (Å²) in [6, 6.07) is 3.09. The number of allylic oxidation sites excluding steroid dienone is 2. The van der Waals surface area contributed by atoms with Crippen LogP contribution in [0.3, 0.4) is 0 Å². The van der Waals surface area contributed by atoms with Gasteiger partial charge in [0.05, 0.1) is 36.4 Å². The van der Waals surface area contributed by atoms with Gasteiger partial charge in [0.1, 0.15) is 29.1 Å². The summed E-state index contributed by atoms with van der Waals surface area (Å²) in [5, 5.41) is 44.2. The normalized spacial score (nSPS) is 30.5. The first kappa shape index (κ1) is 45.0. The highest BCUT2D eigenvalue weighted by Crippen LogP contribution is 2.39. The topological polar surface area (TPSA) is 197 Å². The summed E-state index contributed by atoms with van der Waals surface area (Å²) in [5.74, 6) is -1.41. The zero-order valence-corrected chi connectivity index (χ0v) is 32.2. The number of methoxy groups -OCH3 is 1. The van der Waals surface area contributed by atoms with E-state index in [4.69, 9.17) is 40.4 Å². The Balaban J connectivity index is 0.00000301. The van der Waals surface area contributed by atoms with Crippen LogP contribution in [0.2, 0.25) is 5.15 Å².